The first-order valence-electron chi connectivity index (χ1n) is 5.52. The molecule has 2 aromatic rings. The number of hydrogen-bond acceptors (Lipinski definition) is 6. The molecular weight excluding hydrogens is 268 g/mol. The van der Waals surface area contributed by atoms with Crippen molar-refractivity contribution in [2.24, 2.45) is 5.84 Å². The number of rotatable bonds is 6. The van der Waals surface area contributed by atoms with Crippen LogP contribution in [0.15, 0.2) is 35.7 Å². The van der Waals surface area contributed by atoms with Crippen LogP contribution in [0.2, 0.25) is 0 Å². The summed E-state index contributed by atoms with van der Waals surface area (Å²) in [5, 5.41) is 0. The number of nitrogens with zero attached hydrogens (tertiary/aromatic N) is 2. The predicted molar refractivity (Wildman–Crippen MR) is 69.5 cm³/mol. The van der Waals surface area contributed by atoms with E-state index in [9.17, 15) is 8.42 Å². The highest BCUT2D eigenvalue weighted by Crippen LogP contribution is 2.17. The number of aromatic nitrogens is 3. The molecule has 102 valence electrons. The van der Waals surface area contributed by atoms with Crippen molar-refractivity contribution in [2.45, 2.75) is 11.3 Å². The van der Waals surface area contributed by atoms with Crippen molar-refractivity contribution in [1.29, 1.82) is 0 Å². The molecule has 0 aromatic carbocycles. The van der Waals surface area contributed by atoms with Gasteiger partial charge >= 0.3 is 0 Å². The number of nitrogens with two attached hydrogens (primary N) is 1. The standard InChI is InChI=1S/C10H14N6O2S/c11-16-8-1-3-12-7-9(8)19(17,18)15-4-2-10-13-5-6-14-10/h1,3,5-7,15H,2,4,11H2,(H,12,16)(H,13,14). The lowest BCUT2D eigenvalue weighted by Gasteiger charge is -2.09. The van der Waals surface area contributed by atoms with Crippen molar-refractivity contribution in [2.75, 3.05) is 12.0 Å². The summed E-state index contributed by atoms with van der Waals surface area (Å²) in [6.45, 7) is 0.231. The zero-order valence-corrected chi connectivity index (χ0v) is 10.8. The summed E-state index contributed by atoms with van der Waals surface area (Å²) in [5.74, 6) is 5.98. The van der Waals surface area contributed by atoms with Gasteiger partial charge in [-0.15, -0.1) is 0 Å². The Hall–Kier alpha value is -1.97. The number of pyridine rings is 1. The van der Waals surface area contributed by atoms with Gasteiger partial charge in [-0.05, 0) is 6.07 Å². The quantitative estimate of drug-likeness (QED) is 0.422. The topological polar surface area (TPSA) is 126 Å². The van der Waals surface area contributed by atoms with Crippen LogP contribution in [0.25, 0.3) is 0 Å². The van der Waals surface area contributed by atoms with Crippen LogP contribution in [0.3, 0.4) is 0 Å². The number of nitrogens with one attached hydrogen (secondary N) is 3. The van der Waals surface area contributed by atoms with Gasteiger partial charge in [0.2, 0.25) is 10.0 Å². The molecule has 9 heteroatoms. The normalized spacial score (nSPS) is 11.4. The molecule has 0 saturated heterocycles. The second-order valence-corrected chi connectivity index (χ2v) is 5.44. The third-order valence-electron chi connectivity index (χ3n) is 2.44. The van der Waals surface area contributed by atoms with Crippen LogP contribution in [0, 0.1) is 0 Å². The number of H-pyrrole nitrogens is 1. The average molecular weight is 282 g/mol. The maximum atomic E-state index is 12.1. The smallest absolute Gasteiger partial charge is 0.244 e. The average Bonchev–Trinajstić information content (AvgIpc) is 2.91. The molecule has 0 saturated carbocycles. The molecule has 0 aliphatic rings. The minimum Gasteiger partial charge on any atom is -0.349 e. The molecule has 2 heterocycles. The van der Waals surface area contributed by atoms with E-state index in [4.69, 9.17) is 5.84 Å². The van der Waals surface area contributed by atoms with E-state index in [1.807, 2.05) is 0 Å². The minimum atomic E-state index is -3.65. The molecule has 0 aliphatic carbocycles. The number of imidazole rings is 1. The summed E-state index contributed by atoms with van der Waals surface area (Å²) in [6, 6.07) is 1.49. The Bertz CT molecular complexity index is 625. The summed E-state index contributed by atoms with van der Waals surface area (Å²) >= 11 is 0. The second-order valence-electron chi connectivity index (χ2n) is 3.70. The molecule has 0 amide bonds. The minimum absolute atomic E-state index is 0.0111. The van der Waals surface area contributed by atoms with Gasteiger partial charge in [0.05, 0.1) is 5.69 Å². The summed E-state index contributed by atoms with van der Waals surface area (Å²) in [7, 11) is -3.65. The molecular formula is C10H14N6O2S. The number of sulfonamides is 1. The number of nitrogen functional groups attached to an aromatic ring is 1. The molecule has 0 aliphatic heterocycles. The predicted octanol–water partition coefficient (Wildman–Crippen LogP) is -0.389. The summed E-state index contributed by atoms with van der Waals surface area (Å²) < 4.78 is 26.6. The zero-order valence-electron chi connectivity index (χ0n) is 10.00. The van der Waals surface area contributed by atoms with E-state index >= 15 is 0 Å². The highest BCUT2D eigenvalue weighted by molar-refractivity contribution is 7.89. The van der Waals surface area contributed by atoms with E-state index in [-0.39, 0.29) is 11.4 Å². The van der Waals surface area contributed by atoms with Crippen molar-refractivity contribution in [3.8, 4) is 0 Å². The summed E-state index contributed by atoms with van der Waals surface area (Å²) in [4.78, 5) is 10.7. The van der Waals surface area contributed by atoms with Gasteiger partial charge in [-0.1, -0.05) is 0 Å². The second kappa shape index (κ2) is 5.78. The van der Waals surface area contributed by atoms with Crippen LogP contribution in [0.1, 0.15) is 5.82 Å². The zero-order chi connectivity index (χ0) is 13.7. The first-order chi connectivity index (χ1) is 9.13. The third kappa shape index (κ3) is 3.28. The lowest BCUT2D eigenvalue weighted by atomic mass is 10.4. The lowest BCUT2D eigenvalue weighted by Crippen LogP contribution is -2.27. The fourth-order valence-corrected chi connectivity index (χ4v) is 2.67. The van der Waals surface area contributed by atoms with E-state index in [0.29, 0.717) is 17.9 Å². The van der Waals surface area contributed by atoms with Gasteiger partial charge in [-0.25, -0.2) is 18.1 Å². The molecule has 2 aromatic heterocycles. The van der Waals surface area contributed by atoms with Gasteiger partial charge in [0.1, 0.15) is 10.7 Å². The van der Waals surface area contributed by atoms with Crippen LogP contribution in [0.5, 0.6) is 0 Å². The molecule has 0 unspecified atom stereocenters. The van der Waals surface area contributed by atoms with Crippen molar-refractivity contribution >= 4 is 15.7 Å². The van der Waals surface area contributed by atoms with Gasteiger partial charge in [-0.2, -0.15) is 0 Å². The Morgan fingerprint density at radius 1 is 1.37 bits per heavy atom. The van der Waals surface area contributed by atoms with E-state index in [2.05, 4.69) is 25.1 Å². The van der Waals surface area contributed by atoms with Crippen molar-refractivity contribution in [3.05, 3.63) is 36.7 Å². The van der Waals surface area contributed by atoms with Crippen LogP contribution in [-0.2, 0) is 16.4 Å². The molecule has 0 bridgehead atoms. The van der Waals surface area contributed by atoms with Gasteiger partial charge in [0.25, 0.3) is 0 Å². The Morgan fingerprint density at radius 3 is 2.89 bits per heavy atom. The monoisotopic (exact) mass is 282 g/mol. The Labute approximate surface area is 110 Å². The van der Waals surface area contributed by atoms with Gasteiger partial charge in [0, 0.05) is 37.8 Å². The summed E-state index contributed by atoms with van der Waals surface area (Å²) in [6.07, 6.45) is 6.46. The Kier molecular flexibility index (Phi) is 4.10. The van der Waals surface area contributed by atoms with Crippen molar-refractivity contribution in [1.82, 2.24) is 19.7 Å². The first-order valence-corrected chi connectivity index (χ1v) is 7.00. The maximum absolute atomic E-state index is 12.1. The maximum Gasteiger partial charge on any atom is 0.244 e. The van der Waals surface area contributed by atoms with E-state index in [1.165, 1.54) is 18.5 Å². The fourth-order valence-electron chi connectivity index (χ4n) is 1.53. The van der Waals surface area contributed by atoms with Crippen LogP contribution >= 0.6 is 0 Å². The van der Waals surface area contributed by atoms with Crippen molar-refractivity contribution < 1.29 is 8.42 Å². The van der Waals surface area contributed by atoms with E-state index in [1.54, 1.807) is 12.4 Å². The number of hydrazine groups is 1. The summed E-state index contributed by atoms with van der Waals surface area (Å²) in [5.41, 5.74) is 2.62. The highest BCUT2D eigenvalue weighted by Gasteiger charge is 2.17. The molecule has 19 heavy (non-hydrogen) atoms. The van der Waals surface area contributed by atoms with E-state index < -0.39 is 10.0 Å². The van der Waals surface area contributed by atoms with E-state index in [0.717, 1.165) is 0 Å². The number of hydrogen-bond donors (Lipinski definition) is 4. The van der Waals surface area contributed by atoms with Crippen LogP contribution in [0.4, 0.5) is 5.69 Å². The molecule has 5 N–H and O–H groups in total. The molecule has 0 radical (unpaired) electrons. The van der Waals surface area contributed by atoms with Gasteiger partial charge in [0.15, 0.2) is 0 Å². The van der Waals surface area contributed by atoms with Crippen LogP contribution in [-0.4, -0.2) is 29.9 Å². The van der Waals surface area contributed by atoms with Crippen molar-refractivity contribution in [3.63, 3.8) is 0 Å². The largest absolute Gasteiger partial charge is 0.349 e. The number of anilines is 1. The molecule has 0 atom stereocenters. The molecule has 0 fully saturated rings. The third-order valence-corrected chi connectivity index (χ3v) is 3.93. The molecule has 2 rings (SSSR count). The van der Waals surface area contributed by atoms with Gasteiger partial charge in [-0.3, -0.25) is 10.8 Å². The van der Waals surface area contributed by atoms with Gasteiger partial charge < -0.3 is 10.4 Å². The first kappa shape index (κ1) is 13.5. The Morgan fingerprint density at radius 2 is 2.21 bits per heavy atom. The molecule has 0 spiro atoms. The highest BCUT2D eigenvalue weighted by atomic mass is 32.2. The lowest BCUT2D eigenvalue weighted by molar-refractivity contribution is 0.581. The SMILES string of the molecule is NNc1ccncc1S(=O)(=O)NCCc1ncc[nH]1. The fraction of sp³-hybridized carbons (Fsp3) is 0.200. The number of aromatic amines is 1. The Balaban J connectivity index is 2.05. The van der Waals surface area contributed by atoms with Crippen LogP contribution < -0.4 is 16.0 Å². The molecule has 8 nitrogen and oxygen atoms in total.